The zero-order valence-electron chi connectivity index (χ0n) is 63.3. The third-order valence-corrected chi connectivity index (χ3v) is 23.5. The highest BCUT2D eigenvalue weighted by atomic mass is 79.9. The molecule has 0 bridgehead atoms. The number of H-pyrrole nitrogens is 1. The van der Waals surface area contributed by atoms with Crippen LogP contribution in [-0.2, 0) is 0 Å². The molecule has 18 aromatic carbocycles. The lowest BCUT2D eigenvalue weighted by molar-refractivity contribution is 0.676. The summed E-state index contributed by atoms with van der Waals surface area (Å²) in [5.41, 5.74) is 27.8. The zero-order chi connectivity index (χ0) is 77.4. The van der Waals surface area contributed by atoms with Crippen molar-refractivity contribution in [3.05, 3.63) is 429 Å². The van der Waals surface area contributed by atoms with Crippen LogP contribution in [0.15, 0.2) is 438 Å². The number of hydrogen-bond acceptors (Lipinski definition) is 4. The maximum Gasteiger partial charge on any atom is 0.145 e. The largest absolute Gasteiger partial charge is 0.455 e. The zero-order valence-corrected chi connectivity index (χ0v) is 64.9. The molecule has 0 saturated carbocycles. The molecular weight excluding hydrogens is 1510 g/mol. The van der Waals surface area contributed by atoms with Crippen molar-refractivity contribution in [3.8, 4) is 39.3 Å². The fourth-order valence-electron chi connectivity index (χ4n) is 17.7. The first-order valence-corrected chi connectivity index (χ1v) is 40.4. The van der Waals surface area contributed by atoms with Gasteiger partial charge in [0.15, 0.2) is 0 Å². The van der Waals surface area contributed by atoms with E-state index in [1.807, 2.05) is 12.1 Å². The number of aromatic nitrogens is 4. The minimum atomic E-state index is 0. The number of nitrogens with one attached hydrogen (secondary N) is 1. The van der Waals surface area contributed by atoms with Gasteiger partial charge in [-0.15, -0.1) is 0 Å². The Hall–Kier alpha value is -15.2. The molecule has 0 saturated heterocycles. The van der Waals surface area contributed by atoms with Crippen LogP contribution >= 0.6 is 15.9 Å². The highest BCUT2D eigenvalue weighted by Crippen LogP contribution is 2.48. The summed E-state index contributed by atoms with van der Waals surface area (Å²) in [6.07, 6.45) is 0. The van der Waals surface area contributed by atoms with Gasteiger partial charge in [0.2, 0.25) is 0 Å². The minimum Gasteiger partial charge on any atom is -0.455 e. The third-order valence-electron chi connectivity index (χ3n) is 23.0. The normalized spacial score (nSPS) is 11.5. The molecule has 24 rings (SSSR count). The van der Waals surface area contributed by atoms with E-state index in [2.05, 4.69) is 457 Å². The van der Waals surface area contributed by atoms with Crippen LogP contribution in [0.4, 0.5) is 34.1 Å². The quantitative estimate of drug-likeness (QED) is 0.140. The second kappa shape index (κ2) is 29.7. The molecule has 0 atom stereocenters. The van der Waals surface area contributed by atoms with Crippen LogP contribution in [0.2, 0.25) is 0 Å². The maximum absolute atomic E-state index is 7.15. The van der Waals surface area contributed by atoms with Gasteiger partial charge in [-0.1, -0.05) is 254 Å². The van der Waals surface area contributed by atoms with E-state index in [-0.39, 0.29) is 7.43 Å². The Balaban J connectivity index is 0.000000121. The molecule has 6 aromatic heterocycles. The summed E-state index contributed by atoms with van der Waals surface area (Å²) in [6.45, 7) is 0. The van der Waals surface area contributed by atoms with Gasteiger partial charge in [0.05, 0.1) is 60.2 Å². The number of fused-ring (bicyclic) bond motifs is 22. The third kappa shape index (κ3) is 12.0. The Morgan fingerprint density at radius 2 is 0.483 bits per heavy atom. The van der Waals surface area contributed by atoms with Crippen LogP contribution in [-0.4, -0.2) is 18.7 Å². The fourth-order valence-corrected chi connectivity index (χ4v) is 18.0. The first-order valence-electron chi connectivity index (χ1n) is 39.6. The molecule has 0 radical (unpaired) electrons. The number of aromatic amines is 1. The Morgan fingerprint density at radius 3 is 0.873 bits per heavy atom. The van der Waals surface area contributed by atoms with Gasteiger partial charge in [-0.25, -0.2) is 0 Å². The first-order chi connectivity index (χ1) is 58.0. The van der Waals surface area contributed by atoms with Crippen LogP contribution in [0.1, 0.15) is 7.43 Å². The second-order valence-electron chi connectivity index (χ2n) is 29.6. The lowest BCUT2D eigenvalue weighted by atomic mass is 10.0. The van der Waals surface area contributed by atoms with Gasteiger partial charge >= 0.3 is 0 Å². The molecule has 0 aliphatic rings. The van der Waals surface area contributed by atoms with Crippen molar-refractivity contribution in [2.75, 3.05) is 9.80 Å². The van der Waals surface area contributed by atoms with Gasteiger partial charge in [0.1, 0.15) is 22.3 Å². The number of hydrogen-bond donors (Lipinski definition) is 1. The standard InChI is InChI=1S/C54H35N3O.C30H18N2O.C24H18BrN.CH4/c1-4-14-36(15-5-1)37-24-26-40(27-25-37)55(38-16-6-2-7-17-38)41-28-30-42(31-29-41)57-48-23-13-11-21-46(48)52-50(57)35-33-44-43-32-34-49-51(53(43)58-54(44)52)45-20-10-12-22-47(45)56(49)39-18-8-3-9-19-39;1-2-8-18(9-3-1)32-25-13-7-5-11-22(25)28-26(32)17-15-20-19-14-16-24-27(29(19)33-30(20)28)21-10-4-6-12-23(21)31-24;25-21-13-17-24(18-14-21)26(22-9-5-2-6-10-22)23-15-11-20(12-16-23)19-7-3-1-4-8-19;/h1-35H;1-17,31H;1-18H;1H4. The van der Waals surface area contributed by atoms with E-state index in [9.17, 15) is 0 Å². The molecule has 9 heteroatoms. The lowest BCUT2D eigenvalue weighted by Gasteiger charge is -2.26. The number of benzene rings is 18. The van der Waals surface area contributed by atoms with Crippen LogP contribution in [0.5, 0.6) is 0 Å². The Labute approximate surface area is 689 Å². The minimum absolute atomic E-state index is 0. The number of para-hydroxylation sites is 8. The van der Waals surface area contributed by atoms with Crippen molar-refractivity contribution in [1.29, 1.82) is 0 Å². The van der Waals surface area contributed by atoms with Gasteiger partial charge < -0.3 is 37.3 Å². The highest BCUT2D eigenvalue weighted by Gasteiger charge is 2.26. The number of anilines is 6. The van der Waals surface area contributed by atoms with Crippen molar-refractivity contribution in [1.82, 2.24) is 18.7 Å². The predicted molar refractivity (Wildman–Crippen MR) is 501 cm³/mol. The molecule has 0 aliphatic heterocycles. The van der Waals surface area contributed by atoms with Gasteiger partial charge in [0.25, 0.3) is 0 Å². The smallest absolute Gasteiger partial charge is 0.145 e. The van der Waals surface area contributed by atoms with Crippen molar-refractivity contribution < 1.29 is 8.83 Å². The molecule has 8 nitrogen and oxygen atoms in total. The van der Waals surface area contributed by atoms with Crippen molar-refractivity contribution in [2.24, 2.45) is 0 Å². The van der Waals surface area contributed by atoms with E-state index in [1.165, 1.54) is 49.3 Å². The number of halogens is 1. The molecule has 24 aromatic rings. The summed E-state index contributed by atoms with van der Waals surface area (Å²) in [7, 11) is 0. The van der Waals surface area contributed by atoms with Crippen LogP contribution in [0, 0.1) is 0 Å². The number of nitrogens with zero attached hydrogens (tertiary/aromatic N) is 5. The monoisotopic (exact) mass is 1580 g/mol. The molecule has 118 heavy (non-hydrogen) atoms. The number of rotatable bonds is 11. The van der Waals surface area contributed by atoms with E-state index < -0.39 is 0 Å². The Kier molecular flexibility index (Phi) is 17.8. The van der Waals surface area contributed by atoms with Gasteiger partial charge in [0, 0.05) is 104 Å². The SMILES string of the molecule is Brc1ccc(N(c2ccccc2)c2ccc(-c3ccccc3)cc2)cc1.C.c1ccc(-c2ccc(N(c3ccccc3)c3ccc(-n4c5ccccc5c5c6oc7c(ccc8c7c7ccccc7n8-c7ccccc7)c6ccc54)cc3)cc2)cc1.c1ccc(-n2c3ccccc3c3c4oc5c(ccc6[nH]c7ccccc7c65)c4ccc32)cc1. The van der Waals surface area contributed by atoms with Gasteiger partial charge in [-0.2, -0.15) is 0 Å². The summed E-state index contributed by atoms with van der Waals surface area (Å²) in [5.74, 6) is 0. The van der Waals surface area contributed by atoms with E-state index in [0.29, 0.717) is 0 Å². The van der Waals surface area contributed by atoms with Crippen molar-refractivity contribution >= 4 is 181 Å². The van der Waals surface area contributed by atoms with E-state index in [4.69, 9.17) is 8.83 Å². The molecule has 0 spiro atoms. The fraction of sp³-hybridized carbons (Fsp3) is 0.00917. The lowest BCUT2D eigenvalue weighted by Crippen LogP contribution is -2.10. The summed E-state index contributed by atoms with van der Waals surface area (Å²) >= 11 is 3.52. The molecule has 1 N–H and O–H groups in total. The second-order valence-corrected chi connectivity index (χ2v) is 30.6. The van der Waals surface area contributed by atoms with E-state index in [0.717, 1.165) is 160 Å². The van der Waals surface area contributed by atoms with Crippen LogP contribution in [0.25, 0.3) is 170 Å². The van der Waals surface area contributed by atoms with Gasteiger partial charge in [-0.05, 0) is 216 Å². The average molecular weight is 1580 g/mol. The summed E-state index contributed by atoms with van der Waals surface area (Å²) in [5, 5.41) is 13.9. The molecule has 0 aliphatic carbocycles. The summed E-state index contributed by atoms with van der Waals surface area (Å²) < 4.78 is 22.0. The van der Waals surface area contributed by atoms with Crippen LogP contribution in [0.3, 0.4) is 0 Å². The van der Waals surface area contributed by atoms with Crippen molar-refractivity contribution in [2.45, 2.75) is 7.43 Å². The highest BCUT2D eigenvalue weighted by molar-refractivity contribution is 9.10. The molecule has 560 valence electrons. The van der Waals surface area contributed by atoms with Gasteiger partial charge in [-0.3, -0.25) is 0 Å². The Morgan fingerprint density at radius 1 is 0.203 bits per heavy atom. The van der Waals surface area contributed by atoms with Crippen molar-refractivity contribution in [3.63, 3.8) is 0 Å². The van der Waals surface area contributed by atoms with Crippen LogP contribution < -0.4 is 9.80 Å². The molecule has 6 heterocycles. The van der Waals surface area contributed by atoms with E-state index in [1.54, 1.807) is 0 Å². The number of furan rings is 2. The molecular formula is C109H75BrN6O2. The summed E-state index contributed by atoms with van der Waals surface area (Å²) in [6, 6.07) is 150. The molecule has 0 unspecified atom stereocenters. The first kappa shape index (κ1) is 70.7. The predicted octanol–water partition coefficient (Wildman–Crippen LogP) is 31.5. The van der Waals surface area contributed by atoms with E-state index >= 15 is 0 Å². The molecule has 0 fully saturated rings. The average Bonchev–Trinajstić information content (AvgIpc) is 1.55. The topological polar surface area (TPSA) is 63.3 Å². The maximum atomic E-state index is 7.15. The molecule has 0 amide bonds. The Bertz CT molecular complexity index is 7830. The summed E-state index contributed by atoms with van der Waals surface area (Å²) in [4.78, 5) is 8.13.